The summed E-state index contributed by atoms with van der Waals surface area (Å²) in [5.74, 6) is 0. The summed E-state index contributed by atoms with van der Waals surface area (Å²) in [5, 5.41) is 7.63. The summed E-state index contributed by atoms with van der Waals surface area (Å²) < 4.78 is 27.7. The molecule has 1 N–H and O–H groups in total. The van der Waals surface area contributed by atoms with Gasteiger partial charge in [-0.05, 0) is 51.3 Å². The van der Waals surface area contributed by atoms with Crippen molar-refractivity contribution in [2.45, 2.75) is 44.6 Å². The Morgan fingerprint density at radius 3 is 2.65 bits per heavy atom. The average Bonchev–Trinajstić information content (AvgIpc) is 3.09. The monoisotopic (exact) mass is 353 g/mol. The fraction of sp³-hybridized carbons (Fsp3) is 0.438. The molecule has 1 saturated heterocycles. The van der Waals surface area contributed by atoms with Crippen molar-refractivity contribution >= 4 is 21.6 Å². The van der Waals surface area contributed by atoms with Crippen LogP contribution in [0, 0.1) is 20.8 Å². The van der Waals surface area contributed by atoms with Gasteiger partial charge in [0, 0.05) is 22.8 Å². The molecule has 7 heteroatoms. The highest BCUT2D eigenvalue weighted by Crippen LogP contribution is 2.39. The summed E-state index contributed by atoms with van der Waals surface area (Å²) in [4.78, 5) is 0.249. The van der Waals surface area contributed by atoms with Crippen LogP contribution in [0.1, 0.15) is 41.4 Å². The molecule has 23 heavy (non-hydrogen) atoms. The lowest BCUT2D eigenvalue weighted by Gasteiger charge is -2.24. The van der Waals surface area contributed by atoms with Crippen molar-refractivity contribution in [2.24, 2.45) is 0 Å². The number of H-pyrrole nitrogens is 1. The van der Waals surface area contributed by atoms with E-state index in [2.05, 4.69) is 10.2 Å². The van der Waals surface area contributed by atoms with Crippen molar-refractivity contribution in [2.75, 3.05) is 6.54 Å². The van der Waals surface area contributed by atoms with E-state index >= 15 is 0 Å². The van der Waals surface area contributed by atoms with Crippen LogP contribution in [0.15, 0.2) is 23.1 Å². The smallest absolute Gasteiger partial charge is 0.243 e. The second-order valence-corrected chi connectivity index (χ2v) is 8.33. The molecule has 0 aliphatic carbocycles. The lowest BCUT2D eigenvalue weighted by atomic mass is 10.0. The zero-order valence-electron chi connectivity index (χ0n) is 13.4. The Morgan fingerprint density at radius 1 is 1.30 bits per heavy atom. The molecule has 124 valence electrons. The van der Waals surface area contributed by atoms with E-state index in [1.165, 1.54) is 6.07 Å². The number of aromatic nitrogens is 2. The summed E-state index contributed by atoms with van der Waals surface area (Å²) in [6.07, 6.45) is 1.65. The first-order chi connectivity index (χ1) is 10.8. The van der Waals surface area contributed by atoms with Crippen molar-refractivity contribution in [3.05, 3.63) is 45.7 Å². The van der Waals surface area contributed by atoms with E-state index in [9.17, 15) is 8.42 Å². The Balaban J connectivity index is 2.03. The Kier molecular flexibility index (Phi) is 4.25. The Bertz CT molecular complexity index is 826. The van der Waals surface area contributed by atoms with Gasteiger partial charge in [-0.1, -0.05) is 17.7 Å². The third-order valence-electron chi connectivity index (χ3n) is 4.47. The zero-order chi connectivity index (χ0) is 16.8. The number of nitrogens with zero attached hydrogens (tertiary/aromatic N) is 2. The molecule has 0 bridgehead atoms. The maximum atomic E-state index is 13.1. The molecule has 2 heterocycles. The molecule has 0 radical (unpaired) electrons. The van der Waals surface area contributed by atoms with Gasteiger partial charge in [0.25, 0.3) is 0 Å². The summed E-state index contributed by atoms with van der Waals surface area (Å²) >= 11 is 6.12. The minimum absolute atomic E-state index is 0.168. The highest BCUT2D eigenvalue weighted by atomic mass is 35.5. The van der Waals surface area contributed by atoms with Crippen LogP contribution in [-0.2, 0) is 10.0 Å². The van der Waals surface area contributed by atoms with Gasteiger partial charge in [-0.25, -0.2) is 8.42 Å². The van der Waals surface area contributed by atoms with Crippen LogP contribution < -0.4 is 0 Å². The van der Waals surface area contributed by atoms with Gasteiger partial charge < -0.3 is 0 Å². The van der Waals surface area contributed by atoms with Gasteiger partial charge in [-0.3, -0.25) is 5.10 Å². The summed E-state index contributed by atoms with van der Waals surface area (Å²) in [7, 11) is -3.58. The van der Waals surface area contributed by atoms with E-state index in [1.807, 2.05) is 20.8 Å². The molecule has 0 unspecified atom stereocenters. The first-order valence-electron chi connectivity index (χ1n) is 7.62. The fourth-order valence-electron chi connectivity index (χ4n) is 3.24. The van der Waals surface area contributed by atoms with Gasteiger partial charge in [0.05, 0.1) is 16.6 Å². The second kappa shape index (κ2) is 5.92. The van der Waals surface area contributed by atoms with Crippen LogP contribution in [0.25, 0.3) is 0 Å². The predicted molar refractivity (Wildman–Crippen MR) is 90.1 cm³/mol. The van der Waals surface area contributed by atoms with Crippen molar-refractivity contribution in [3.63, 3.8) is 0 Å². The highest BCUT2D eigenvalue weighted by Gasteiger charge is 2.38. The molecule has 2 aromatic rings. The van der Waals surface area contributed by atoms with Gasteiger partial charge in [-0.2, -0.15) is 9.40 Å². The highest BCUT2D eigenvalue weighted by molar-refractivity contribution is 7.89. The molecule has 5 nitrogen and oxygen atoms in total. The van der Waals surface area contributed by atoms with Crippen molar-refractivity contribution in [1.29, 1.82) is 0 Å². The number of halogens is 1. The van der Waals surface area contributed by atoms with Gasteiger partial charge in [-0.15, -0.1) is 0 Å². The first kappa shape index (κ1) is 16.5. The standard InChI is InChI=1S/C16H20ClN3O2S/c1-10-6-7-13(9-14(10)17)23(21,22)20-8-4-5-15(20)16-11(2)18-19-12(16)3/h6-7,9,15H,4-5,8H2,1-3H3,(H,18,19)/t15-/m0/s1. The van der Waals surface area contributed by atoms with Gasteiger partial charge >= 0.3 is 0 Å². The molecule has 0 amide bonds. The van der Waals surface area contributed by atoms with Crippen molar-refractivity contribution in [1.82, 2.24) is 14.5 Å². The number of rotatable bonds is 3. The average molecular weight is 354 g/mol. The number of hydrogen-bond donors (Lipinski definition) is 1. The normalized spacial score (nSPS) is 19.4. The minimum atomic E-state index is -3.58. The number of benzene rings is 1. The number of aromatic amines is 1. The maximum absolute atomic E-state index is 13.1. The molecule has 1 aliphatic rings. The van der Waals surface area contributed by atoms with Crippen molar-refractivity contribution in [3.8, 4) is 0 Å². The topological polar surface area (TPSA) is 66.1 Å². The van der Waals surface area contributed by atoms with E-state index in [-0.39, 0.29) is 10.9 Å². The molecule has 1 aromatic carbocycles. The van der Waals surface area contributed by atoms with Crippen LogP contribution in [0.4, 0.5) is 0 Å². The third-order valence-corrected chi connectivity index (χ3v) is 6.78. The summed E-state index contributed by atoms with van der Waals surface area (Å²) in [6, 6.07) is 4.74. The molecular weight excluding hydrogens is 334 g/mol. The Hall–Kier alpha value is -1.37. The van der Waals surface area contributed by atoms with E-state index in [1.54, 1.807) is 16.4 Å². The summed E-state index contributed by atoms with van der Waals surface area (Å²) in [6.45, 7) is 6.21. The molecule has 1 fully saturated rings. The number of sulfonamides is 1. The zero-order valence-corrected chi connectivity index (χ0v) is 15.0. The van der Waals surface area contributed by atoms with Crippen LogP contribution in [-0.4, -0.2) is 29.5 Å². The SMILES string of the molecule is Cc1ccc(S(=O)(=O)N2CCC[C@H]2c2c(C)n[nH]c2C)cc1Cl. The van der Waals surface area contributed by atoms with E-state index in [0.29, 0.717) is 11.6 Å². The van der Waals surface area contributed by atoms with Gasteiger partial charge in [0.1, 0.15) is 0 Å². The van der Waals surface area contributed by atoms with Crippen LogP contribution >= 0.6 is 11.6 Å². The van der Waals surface area contributed by atoms with Gasteiger partial charge in [0.15, 0.2) is 0 Å². The summed E-state index contributed by atoms with van der Waals surface area (Å²) in [5.41, 5.74) is 3.64. The number of nitrogens with one attached hydrogen (secondary N) is 1. The Morgan fingerprint density at radius 2 is 2.04 bits per heavy atom. The second-order valence-electron chi connectivity index (χ2n) is 6.03. The Labute approximate surface area is 141 Å². The van der Waals surface area contributed by atoms with Crippen LogP contribution in [0.3, 0.4) is 0 Å². The number of hydrogen-bond acceptors (Lipinski definition) is 3. The molecule has 3 rings (SSSR count). The lowest BCUT2D eigenvalue weighted by Crippen LogP contribution is -2.31. The first-order valence-corrected chi connectivity index (χ1v) is 9.43. The van der Waals surface area contributed by atoms with E-state index in [4.69, 9.17) is 11.6 Å². The van der Waals surface area contributed by atoms with Crippen molar-refractivity contribution < 1.29 is 8.42 Å². The van der Waals surface area contributed by atoms with E-state index in [0.717, 1.165) is 35.4 Å². The molecule has 1 aliphatic heterocycles. The maximum Gasteiger partial charge on any atom is 0.243 e. The van der Waals surface area contributed by atoms with Crippen LogP contribution in [0.2, 0.25) is 5.02 Å². The molecule has 1 atom stereocenters. The minimum Gasteiger partial charge on any atom is -0.282 e. The molecule has 0 saturated carbocycles. The predicted octanol–water partition coefficient (Wildman–Crippen LogP) is 3.51. The molecular formula is C16H20ClN3O2S. The number of aryl methyl sites for hydroxylation is 3. The van der Waals surface area contributed by atoms with E-state index < -0.39 is 10.0 Å². The molecule has 0 spiro atoms. The third kappa shape index (κ3) is 2.79. The lowest BCUT2D eigenvalue weighted by molar-refractivity contribution is 0.394. The van der Waals surface area contributed by atoms with Gasteiger partial charge in [0.2, 0.25) is 10.0 Å². The molecule has 1 aromatic heterocycles. The largest absolute Gasteiger partial charge is 0.282 e. The van der Waals surface area contributed by atoms with Crippen LogP contribution in [0.5, 0.6) is 0 Å². The fourth-order valence-corrected chi connectivity index (χ4v) is 5.17. The quantitative estimate of drug-likeness (QED) is 0.918.